The second-order valence-electron chi connectivity index (χ2n) is 7.02. The maximum Gasteiger partial charge on any atom is 0.422 e. The standard InChI is InChI=1S/C21H21F3N2O4/c1-29-19-8-13(2-5-18(19)30-12-21(22,23)24)11-26-20(28)15-6-7-25-16(9-15)10-17(27)14-3-4-14/h2,5-9,14H,3-4,10-12H2,1H3,(H,26,28). The third-order valence-electron chi connectivity index (χ3n) is 4.54. The molecule has 0 atom stereocenters. The lowest BCUT2D eigenvalue weighted by atomic mass is 10.1. The van der Waals surface area contributed by atoms with Crippen molar-refractivity contribution in [2.45, 2.75) is 32.0 Å². The van der Waals surface area contributed by atoms with E-state index in [0.717, 1.165) is 12.8 Å². The highest BCUT2D eigenvalue weighted by Gasteiger charge is 2.30. The predicted octanol–water partition coefficient (Wildman–Crippen LogP) is 3.48. The Labute approximate surface area is 171 Å². The molecular formula is C21H21F3N2O4. The average molecular weight is 422 g/mol. The number of amides is 1. The quantitative estimate of drug-likeness (QED) is 0.670. The molecule has 0 aliphatic heterocycles. The first kappa shape index (κ1) is 21.6. The maximum atomic E-state index is 12.4. The molecule has 0 bridgehead atoms. The van der Waals surface area contributed by atoms with Crippen LogP contribution in [0.4, 0.5) is 13.2 Å². The van der Waals surface area contributed by atoms with Crippen molar-refractivity contribution in [3.8, 4) is 11.5 Å². The van der Waals surface area contributed by atoms with Gasteiger partial charge in [-0.2, -0.15) is 13.2 Å². The summed E-state index contributed by atoms with van der Waals surface area (Å²) in [5, 5.41) is 2.73. The largest absolute Gasteiger partial charge is 0.493 e. The van der Waals surface area contributed by atoms with E-state index in [1.165, 1.54) is 25.4 Å². The Kier molecular flexibility index (Phi) is 6.59. The highest BCUT2D eigenvalue weighted by Crippen LogP contribution is 2.31. The zero-order valence-corrected chi connectivity index (χ0v) is 16.3. The number of halogens is 3. The SMILES string of the molecule is COc1cc(CNC(=O)c2ccnc(CC(=O)C3CC3)c2)ccc1OCC(F)(F)F. The van der Waals surface area contributed by atoms with Crippen LogP contribution in [0.25, 0.3) is 0 Å². The number of pyridine rings is 1. The minimum absolute atomic E-state index is 0.0380. The van der Waals surface area contributed by atoms with Crippen molar-refractivity contribution >= 4 is 11.7 Å². The zero-order chi connectivity index (χ0) is 21.7. The molecule has 1 aromatic heterocycles. The minimum atomic E-state index is -4.45. The monoisotopic (exact) mass is 422 g/mol. The van der Waals surface area contributed by atoms with Crippen LogP contribution < -0.4 is 14.8 Å². The van der Waals surface area contributed by atoms with E-state index in [4.69, 9.17) is 9.47 Å². The Morgan fingerprint density at radius 2 is 1.93 bits per heavy atom. The van der Waals surface area contributed by atoms with Gasteiger partial charge >= 0.3 is 6.18 Å². The number of carbonyl (C=O) groups is 2. The zero-order valence-electron chi connectivity index (χ0n) is 16.3. The number of hydrogen-bond donors (Lipinski definition) is 1. The van der Waals surface area contributed by atoms with Gasteiger partial charge in [0.2, 0.25) is 0 Å². The molecule has 1 aliphatic rings. The number of ketones is 1. The summed E-state index contributed by atoms with van der Waals surface area (Å²) in [6.07, 6.45) is -0.919. The predicted molar refractivity (Wildman–Crippen MR) is 101 cm³/mol. The third-order valence-corrected chi connectivity index (χ3v) is 4.54. The molecule has 0 spiro atoms. The number of ether oxygens (including phenoxy) is 2. The molecule has 1 amide bonds. The number of aromatic nitrogens is 1. The molecule has 1 heterocycles. The van der Waals surface area contributed by atoms with E-state index < -0.39 is 12.8 Å². The van der Waals surface area contributed by atoms with Gasteiger partial charge in [-0.1, -0.05) is 6.07 Å². The van der Waals surface area contributed by atoms with Gasteiger partial charge in [0, 0.05) is 36.3 Å². The van der Waals surface area contributed by atoms with Crippen LogP contribution in [-0.4, -0.2) is 36.6 Å². The summed E-state index contributed by atoms with van der Waals surface area (Å²) in [5.74, 6) is 0.0102. The van der Waals surface area contributed by atoms with Crippen molar-refractivity contribution in [1.82, 2.24) is 10.3 Å². The van der Waals surface area contributed by atoms with E-state index in [2.05, 4.69) is 10.3 Å². The number of nitrogens with zero attached hydrogens (tertiary/aromatic N) is 1. The van der Waals surface area contributed by atoms with Crippen molar-refractivity contribution in [2.24, 2.45) is 5.92 Å². The molecule has 9 heteroatoms. The molecule has 1 aliphatic carbocycles. The minimum Gasteiger partial charge on any atom is -0.493 e. The molecule has 0 saturated heterocycles. The molecule has 1 saturated carbocycles. The van der Waals surface area contributed by atoms with Crippen LogP contribution in [0.15, 0.2) is 36.5 Å². The van der Waals surface area contributed by atoms with Crippen LogP contribution >= 0.6 is 0 Å². The summed E-state index contributed by atoms with van der Waals surface area (Å²) in [7, 11) is 1.32. The van der Waals surface area contributed by atoms with E-state index in [1.807, 2.05) is 0 Å². The molecule has 1 fully saturated rings. The Bertz CT molecular complexity index is 927. The molecule has 0 unspecified atom stereocenters. The van der Waals surface area contributed by atoms with Crippen molar-refractivity contribution in [3.05, 3.63) is 53.3 Å². The van der Waals surface area contributed by atoms with Crippen LogP contribution in [0.5, 0.6) is 11.5 Å². The second kappa shape index (κ2) is 9.15. The van der Waals surface area contributed by atoms with Gasteiger partial charge in [0.05, 0.1) is 7.11 Å². The van der Waals surface area contributed by atoms with Crippen LogP contribution in [0.3, 0.4) is 0 Å². The number of nitrogens with one attached hydrogen (secondary N) is 1. The lowest BCUT2D eigenvalue weighted by Crippen LogP contribution is -2.23. The number of hydrogen-bond acceptors (Lipinski definition) is 5. The Hall–Kier alpha value is -3.10. The van der Waals surface area contributed by atoms with Gasteiger partial charge in [0.15, 0.2) is 18.1 Å². The number of rotatable bonds is 9. The summed E-state index contributed by atoms with van der Waals surface area (Å²) < 4.78 is 46.8. The normalized spacial score (nSPS) is 13.6. The van der Waals surface area contributed by atoms with Gasteiger partial charge in [0.25, 0.3) is 5.91 Å². The first-order valence-corrected chi connectivity index (χ1v) is 9.37. The fourth-order valence-corrected chi connectivity index (χ4v) is 2.83. The fraction of sp³-hybridized carbons (Fsp3) is 0.381. The molecular weight excluding hydrogens is 401 g/mol. The van der Waals surface area contributed by atoms with Gasteiger partial charge < -0.3 is 14.8 Å². The smallest absolute Gasteiger partial charge is 0.422 e. The molecule has 3 rings (SSSR count). The van der Waals surface area contributed by atoms with Gasteiger partial charge in [-0.05, 0) is 42.7 Å². The van der Waals surface area contributed by atoms with Gasteiger partial charge in [-0.25, -0.2) is 0 Å². The highest BCUT2D eigenvalue weighted by molar-refractivity contribution is 5.94. The number of methoxy groups -OCH3 is 1. The lowest BCUT2D eigenvalue weighted by molar-refractivity contribution is -0.153. The van der Waals surface area contributed by atoms with E-state index >= 15 is 0 Å². The first-order valence-electron chi connectivity index (χ1n) is 9.37. The Morgan fingerprint density at radius 1 is 1.17 bits per heavy atom. The maximum absolute atomic E-state index is 12.4. The number of Topliss-reactive ketones (excluding diaryl/α,β-unsaturated/α-hetero) is 1. The molecule has 30 heavy (non-hydrogen) atoms. The van der Waals surface area contributed by atoms with E-state index in [-0.39, 0.29) is 42.1 Å². The molecule has 6 nitrogen and oxygen atoms in total. The summed E-state index contributed by atoms with van der Waals surface area (Å²) in [6, 6.07) is 7.54. The summed E-state index contributed by atoms with van der Waals surface area (Å²) in [4.78, 5) is 28.5. The van der Waals surface area contributed by atoms with Crippen LogP contribution in [0, 0.1) is 5.92 Å². The molecule has 1 aromatic carbocycles. The third kappa shape index (κ3) is 6.20. The van der Waals surface area contributed by atoms with E-state index in [0.29, 0.717) is 16.8 Å². The van der Waals surface area contributed by atoms with Crippen LogP contribution in [0.2, 0.25) is 0 Å². The highest BCUT2D eigenvalue weighted by atomic mass is 19.4. The van der Waals surface area contributed by atoms with Crippen molar-refractivity contribution in [1.29, 1.82) is 0 Å². The molecule has 2 aromatic rings. The van der Waals surface area contributed by atoms with Gasteiger partial charge in [0.1, 0.15) is 5.78 Å². The van der Waals surface area contributed by atoms with Crippen molar-refractivity contribution in [2.75, 3.05) is 13.7 Å². The lowest BCUT2D eigenvalue weighted by Gasteiger charge is -2.14. The summed E-state index contributed by atoms with van der Waals surface area (Å²) in [5.41, 5.74) is 1.55. The molecule has 160 valence electrons. The van der Waals surface area contributed by atoms with Crippen LogP contribution in [-0.2, 0) is 17.8 Å². The Morgan fingerprint density at radius 3 is 2.60 bits per heavy atom. The van der Waals surface area contributed by atoms with Crippen LogP contribution in [0.1, 0.15) is 34.5 Å². The topological polar surface area (TPSA) is 77.5 Å². The van der Waals surface area contributed by atoms with Crippen molar-refractivity contribution in [3.63, 3.8) is 0 Å². The number of alkyl halides is 3. The van der Waals surface area contributed by atoms with Crippen molar-refractivity contribution < 1.29 is 32.2 Å². The van der Waals surface area contributed by atoms with Gasteiger partial charge in [-0.15, -0.1) is 0 Å². The number of benzene rings is 1. The van der Waals surface area contributed by atoms with Gasteiger partial charge in [-0.3, -0.25) is 14.6 Å². The second-order valence-corrected chi connectivity index (χ2v) is 7.02. The first-order chi connectivity index (χ1) is 14.2. The molecule has 1 N–H and O–H groups in total. The number of carbonyl (C=O) groups excluding carboxylic acids is 2. The molecule has 0 radical (unpaired) electrons. The van der Waals surface area contributed by atoms with E-state index in [9.17, 15) is 22.8 Å². The summed E-state index contributed by atoms with van der Waals surface area (Å²) >= 11 is 0. The average Bonchev–Trinajstić information content (AvgIpc) is 3.55. The Balaban J connectivity index is 1.59. The fourth-order valence-electron chi connectivity index (χ4n) is 2.83. The summed E-state index contributed by atoms with van der Waals surface area (Å²) in [6.45, 7) is -1.29. The van der Waals surface area contributed by atoms with E-state index in [1.54, 1.807) is 18.2 Å².